The van der Waals surface area contributed by atoms with Crippen molar-refractivity contribution < 1.29 is 4.74 Å². The van der Waals surface area contributed by atoms with Crippen LogP contribution >= 0.6 is 0 Å². The molecule has 3 rings (SSSR count). The summed E-state index contributed by atoms with van der Waals surface area (Å²) in [6, 6.07) is 9.94. The Kier molecular flexibility index (Phi) is 2.68. The number of rotatable bonds is 3. The highest BCUT2D eigenvalue weighted by molar-refractivity contribution is 5.79. The van der Waals surface area contributed by atoms with Gasteiger partial charge in [-0.25, -0.2) is 0 Å². The first-order chi connectivity index (χ1) is 8.86. The molecule has 0 unspecified atom stereocenters. The first-order valence-electron chi connectivity index (χ1n) is 5.84. The maximum atomic E-state index is 5.49. The predicted octanol–water partition coefficient (Wildman–Crippen LogP) is 2.65. The van der Waals surface area contributed by atoms with Crippen molar-refractivity contribution in [1.82, 2.24) is 15.2 Å². The van der Waals surface area contributed by atoms with E-state index >= 15 is 0 Å². The van der Waals surface area contributed by atoms with Gasteiger partial charge in [-0.3, -0.25) is 4.98 Å². The van der Waals surface area contributed by atoms with Crippen molar-refractivity contribution in [3.8, 4) is 16.9 Å². The molecule has 0 N–H and O–H groups in total. The monoisotopic (exact) mass is 238 g/mol. The topological polar surface area (TPSA) is 49.1 Å². The van der Waals surface area contributed by atoms with Crippen molar-refractivity contribution in [2.45, 2.75) is 6.92 Å². The van der Waals surface area contributed by atoms with Crippen LogP contribution in [0.2, 0.25) is 0 Å². The lowest BCUT2D eigenvalue weighted by atomic mass is 10.1. The molecular weight excluding hydrogens is 226 g/mol. The third-order valence-corrected chi connectivity index (χ3v) is 2.72. The highest BCUT2D eigenvalue weighted by Crippen LogP contribution is 2.25. The number of ether oxygens (including phenoxy) is 1. The summed E-state index contributed by atoms with van der Waals surface area (Å²) in [7, 11) is 0. The van der Waals surface area contributed by atoms with Gasteiger partial charge in [0.05, 0.1) is 17.6 Å². The molecule has 0 aliphatic rings. The Balaban J connectivity index is 2.04. The van der Waals surface area contributed by atoms with Crippen molar-refractivity contribution >= 4 is 11.0 Å². The van der Waals surface area contributed by atoms with Crippen LogP contribution in [0, 0.1) is 0 Å². The van der Waals surface area contributed by atoms with Crippen LogP contribution in [-0.4, -0.2) is 16.7 Å². The van der Waals surface area contributed by atoms with Gasteiger partial charge in [-0.1, -0.05) is 12.1 Å². The first kappa shape index (κ1) is 10.8. The van der Waals surface area contributed by atoms with Crippen LogP contribution in [-0.2, 0) is 0 Å². The second kappa shape index (κ2) is 4.49. The van der Waals surface area contributed by atoms with Crippen LogP contribution in [0.3, 0.4) is 0 Å². The second-order valence-electron chi connectivity index (χ2n) is 3.93. The van der Waals surface area contributed by atoms with Crippen molar-refractivity contribution in [1.29, 1.82) is 0 Å². The first-order valence-corrected chi connectivity index (χ1v) is 5.84. The van der Waals surface area contributed by atoms with Gasteiger partial charge in [0, 0.05) is 11.8 Å². The molecule has 3 aromatic rings. The maximum absolute atomic E-state index is 5.49. The van der Waals surface area contributed by atoms with E-state index in [-0.39, 0.29) is 0 Å². The van der Waals surface area contributed by atoms with E-state index in [1.807, 2.05) is 43.5 Å². The number of benzene rings is 1. The molecule has 0 aliphatic carbocycles. The quantitative estimate of drug-likeness (QED) is 0.703. The Labute approximate surface area is 105 Å². The number of pyridine rings is 1. The Hall–Kier alpha value is -2.36. The summed E-state index contributed by atoms with van der Waals surface area (Å²) in [4.78, 5) is 4.33. The molecule has 1 aromatic carbocycles. The predicted molar refractivity (Wildman–Crippen MR) is 69.5 cm³/mol. The number of aromatic nitrogens is 3. The van der Waals surface area contributed by atoms with Gasteiger partial charge >= 0.3 is 0 Å². The molecule has 90 valence electrons. The zero-order chi connectivity index (χ0) is 12.4. The van der Waals surface area contributed by atoms with E-state index in [2.05, 4.69) is 15.2 Å². The molecule has 0 aliphatic heterocycles. The largest absolute Gasteiger partial charge is 0.579 e. The fourth-order valence-electron chi connectivity index (χ4n) is 1.88. The second-order valence-corrected chi connectivity index (χ2v) is 3.93. The minimum absolute atomic E-state index is 0.662. The Morgan fingerprint density at radius 2 is 2.11 bits per heavy atom. The van der Waals surface area contributed by atoms with Crippen LogP contribution < -0.4 is 9.84 Å². The van der Waals surface area contributed by atoms with Crippen molar-refractivity contribution in [2.75, 3.05) is 6.61 Å². The zero-order valence-electron chi connectivity index (χ0n) is 10.00. The lowest BCUT2D eigenvalue weighted by Gasteiger charge is -2.06. The maximum Gasteiger partial charge on any atom is 0.119 e. The third-order valence-electron chi connectivity index (χ3n) is 2.72. The number of nitrogens with zero attached hydrogens (tertiary/aromatic N) is 3. The average Bonchev–Trinajstić information content (AvgIpc) is 2.86. The van der Waals surface area contributed by atoms with Gasteiger partial charge in [-0.2, -0.15) is 0 Å². The number of hydrogen-bond acceptors (Lipinski definition) is 3. The standard InChI is InChI=1S/C14H12N3O/c1-2-18-12-5-3-4-10(6-12)11-7-13-14(15-8-11)9-16-17-13/h3-9H,2H2,1H3/q-1. The molecule has 0 atom stereocenters. The van der Waals surface area contributed by atoms with Crippen molar-refractivity contribution in [2.24, 2.45) is 0 Å². The summed E-state index contributed by atoms with van der Waals surface area (Å²) in [6.45, 7) is 2.63. The van der Waals surface area contributed by atoms with E-state index in [0.717, 1.165) is 27.9 Å². The SMILES string of the molecule is CCOc1cccc(-c2cnc3c[n-]nc3c2)c1. The van der Waals surface area contributed by atoms with Gasteiger partial charge in [-0.15, -0.1) is 6.20 Å². The van der Waals surface area contributed by atoms with E-state index in [4.69, 9.17) is 4.74 Å². The van der Waals surface area contributed by atoms with Crippen LogP contribution in [0.4, 0.5) is 0 Å². The molecule has 0 fully saturated rings. The van der Waals surface area contributed by atoms with E-state index < -0.39 is 0 Å². The van der Waals surface area contributed by atoms with Crippen LogP contribution in [0.25, 0.3) is 22.2 Å². The Morgan fingerprint density at radius 1 is 1.17 bits per heavy atom. The van der Waals surface area contributed by atoms with Gasteiger partial charge < -0.3 is 14.9 Å². The van der Waals surface area contributed by atoms with Crippen LogP contribution in [0.5, 0.6) is 5.75 Å². The summed E-state index contributed by atoms with van der Waals surface area (Å²) in [5.41, 5.74) is 3.72. The Bertz CT molecular complexity index is 675. The normalized spacial score (nSPS) is 10.7. The molecule has 4 heteroatoms. The molecule has 0 amide bonds. The number of hydrogen-bond donors (Lipinski definition) is 0. The molecule has 4 nitrogen and oxygen atoms in total. The smallest absolute Gasteiger partial charge is 0.119 e. The molecule has 0 saturated heterocycles. The minimum atomic E-state index is 0.662. The van der Waals surface area contributed by atoms with Crippen LogP contribution in [0.1, 0.15) is 6.92 Å². The molecule has 0 saturated carbocycles. The van der Waals surface area contributed by atoms with Crippen LogP contribution in [0.15, 0.2) is 42.7 Å². The molecule has 18 heavy (non-hydrogen) atoms. The van der Waals surface area contributed by atoms with Gasteiger partial charge in [0.15, 0.2) is 0 Å². The molecule has 0 radical (unpaired) electrons. The van der Waals surface area contributed by atoms with Crippen molar-refractivity contribution in [3.63, 3.8) is 0 Å². The fourth-order valence-corrected chi connectivity index (χ4v) is 1.88. The molecule has 0 bridgehead atoms. The Morgan fingerprint density at radius 3 is 3.00 bits per heavy atom. The highest BCUT2D eigenvalue weighted by atomic mass is 16.5. The molecular formula is C14H12N3O-. The minimum Gasteiger partial charge on any atom is -0.579 e. The zero-order valence-corrected chi connectivity index (χ0v) is 10.00. The highest BCUT2D eigenvalue weighted by Gasteiger charge is 2.02. The lowest BCUT2D eigenvalue weighted by Crippen LogP contribution is -1.91. The van der Waals surface area contributed by atoms with Crippen molar-refractivity contribution in [3.05, 3.63) is 42.7 Å². The van der Waals surface area contributed by atoms with Gasteiger partial charge in [0.25, 0.3) is 0 Å². The lowest BCUT2D eigenvalue weighted by molar-refractivity contribution is 0.340. The fraction of sp³-hybridized carbons (Fsp3) is 0.143. The van der Waals surface area contributed by atoms with E-state index in [1.165, 1.54) is 0 Å². The van der Waals surface area contributed by atoms with Gasteiger partial charge in [0.1, 0.15) is 5.75 Å². The number of fused-ring (bicyclic) bond motifs is 1. The summed E-state index contributed by atoms with van der Waals surface area (Å²) in [6.07, 6.45) is 3.49. The summed E-state index contributed by atoms with van der Waals surface area (Å²) >= 11 is 0. The summed E-state index contributed by atoms with van der Waals surface area (Å²) < 4.78 is 5.49. The summed E-state index contributed by atoms with van der Waals surface area (Å²) in [5.74, 6) is 0.865. The molecule has 0 spiro atoms. The van der Waals surface area contributed by atoms with Gasteiger partial charge in [0.2, 0.25) is 0 Å². The van der Waals surface area contributed by atoms with E-state index in [9.17, 15) is 0 Å². The molecule has 2 heterocycles. The molecule has 2 aromatic heterocycles. The van der Waals surface area contributed by atoms with E-state index in [0.29, 0.717) is 6.61 Å². The van der Waals surface area contributed by atoms with Gasteiger partial charge in [-0.05, 0) is 30.7 Å². The summed E-state index contributed by atoms with van der Waals surface area (Å²) in [5, 5.41) is 7.87. The average molecular weight is 238 g/mol. The third kappa shape index (κ3) is 1.93. The van der Waals surface area contributed by atoms with E-state index in [1.54, 1.807) is 6.20 Å².